The zero-order chi connectivity index (χ0) is 11.1. The molecule has 0 aromatic heterocycles. The Balaban J connectivity index is -0.000000163. The second kappa shape index (κ2) is 8.96. The number of likely N-dealkylation sites (N-methyl/N-ethyl adjacent to an activating group) is 1. The molecule has 0 heterocycles. The minimum Gasteiger partial charge on any atom is -0.543 e. The molecule has 14 heavy (non-hydrogen) atoms. The van der Waals surface area contributed by atoms with Crippen LogP contribution >= 0.6 is 0 Å². The molecule has 0 aliphatic heterocycles. The first kappa shape index (κ1) is 19.0. The third-order valence-corrected chi connectivity index (χ3v) is 0.937. The van der Waals surface area contributed by atoms with Crippen molar-refractivity contribution in [1.82, 2.24) is 0 Å². The maximum Gasteiger partial charge on any atom is 0.101 e. The van der Waals surface area contributed by atoms with Crippen LogP contribution in [-0.2, 0) is 26.7 Å². The number of carboxylic acids is 2. The molecule has 6 nitrogen and oxygen atoms in total. The Labute approximate surface area is 93.2 Å². The van der Waals surface area contributed by atoms with Crippen molar-refractivity contribution >= 4 is 11.9 Å². The van der Waals surface area contributed by atoms with Crippen molar-refractivity contribution in [2.45, 2.75) is 0 Å². The zero-order valence-corrected chi connectivity index (χ0v) is 9.40. The van der Waals surface area contributed by atoms with Crippen LogP contribution < -0.4 is 10.2 Å². The summed E-state index contributed by atoms with van der Waals surface area (Å²) >= 11 is 0. The number of aliphatic hydroxyl groups excluding tert-OH is 1. The van der Waals surface area contributed by atoms with Gasteiger partial charge in [-0.2, -0.15) is 0 Å². The van der Waals surface area contributed by atoms with Gasteiger partial charge in [0.25, 0.3) is 0 Å². The van der Waals surface area contributed by atoms with E-state index >= 15 is 0 Å². The smallest absolute Gasteiger partial charge is 0.101 e. The second-order valence-electron chi connectivity index (χ2n) is 3.31. The molecular weight excluding hydrogens is 234 g/mol. The molecule has 0 atom stereocenters. The van der Waals surface area contributed by atoms with E-state index in [4.69, 9.17) is 24.9 Å². The van der Waals surface area contributed by atoms with Gasteiger partial charge in [0.05, 0.1) is 39.7 Å². The quantitative estimate of drug-likeness (QED) is 0.306. The van der Waals surface area contributed by atoms with Gasteiger partial charge in [-0.15, -0.1) is 0 Å². The first-order valence-corrected chi connectivity index (χ1v) is 3.54. The van der Waals surface area contributed by atoms with Crippen molar-refractivity contribution in [3.8, 4) is 0 Å². The summed E-state index contributed by atoms with van der Waals surface area (Å²) in [5.74, 6) is -4.37. The van der Waals surface area contributed by atoms with Crippen LogP contribution in [0.4, 0.5) is 0 Å². The van der Waals surface area contributed by atoms with Gasteiger partial charge in [-0.3, -0.25) is 0 Å². The molecule has 0 spiro atoms. The Morgan fingerprint density at radius 3 is 1.43 bits per heavy atom. The van der Waals surface area contributed by atoms with Crippen molar-refractivity contribution in [1.29, 1.82) is 0 Å². The number of carbonyl (C=O) groups excluding carboxylic acids is 2. The summed E-state index contributed by atoms with van der Waals surface area (Å²) < 4.78 is 0.844. The van der Waals surface area contributed by atoms with Gasteiger partial charge in [0.15, 0.2) is 0 Å². The molecule has 0 radical (unpaired) electrons. The van der Waals surface area contributed by atoms with Gasteiger partial charge in [0.1, 0.15) is 6.54 Å². The molecule has 0 aromatic rings. The maximum atomic E-state index is 8.93. The topological polar surface area (TPSA) is 100 Å². The summed E-state index contributed by atoms with van der Waals surface area (Å²) in [6, 6.07) is 0. The molecule has 0 aliphatic rings. The van der Waals surface area contributed by atoms with Crippen molar-refractivity contribution in [2.75, 3.05) is 34.3 Å². The molecule has 0 saturated heterocycles. The van der Waals surface area contributed by atoms with Crippen molar-refractivity contribution < 1.29 is 46.5 Å². The maximum absolute atomic E-state index is 8.93. The molecule has 0 bridgehead atoms. The molecule has 0 amide bonds. The van der Waals surface area contributed by atoms with Crippen LogP contribution in [0.3, 0.4) is 0 Å². The predicted octanol–water partition coefficient (Wildman–Crippen LogP) is -3.83. The minimum absolute atomic E-state index is 0. The van der Waals surface area contributed by atoms with E-state index in [1.165, 1.54) is 0 Å². The monoisotopic (exact) mass is 248 g/mol. The third-order valence-electron chi connectivity index (χ3n) is 0.937. The average Bonchev–Trinajstić information content (AvgIpc) is 1.85. The van der Waals surface area contributed by atoms with Crippen LogP contribution in [0.25, 0.3) is 0 Å². The van der Waals surface area contributed by atoms with E-state index in [0.29, 0.717) is 0 Å². The Hall–Kier alpha value is -0.621. The SMILES string of the molecule is C[N+](C)(C)CCO.O=C([O-])C(=O)[O-].[Fe]. The van der Waals surface area contributed by atoms with E-state index in [0.717, 1.165) is 11.0 Å². The normalized spacial score (nSPS) is 9.14. The number of hydrogen-bond acceptors (Lipinski definition) is 5. The Morgan fingerprint density at radius 2 is 1.43 bits per heavy atom. The molecule has 0 aliphatic carbocycles. The average molecular weight is 248 g/mol. The second-order valence-corrected chi connectivity index (χ2v) is 3.31. The van der Waals surface area contributed by atoms with Gasteiger partial charge >= 0.3 is 0 Å². The van der Waals surface area contributed by atoms with Crippen molar-refractivity contribution in [3.63, 3.8) is 0 Å². The van der Waals surface area contributed by atoms with Gasteiger partial charge < -0.3 is 29.4 Å². The Morgan fingerprint density at radius 1 is 1.14 bits per heavy atom. The van der Waals surface area contributed by atoms with E-state index in [2.05, 4.69) is 21.1 Å². The molecule has 0 unspecified atom stereocenters. The zero-order valence-electron chi connectivity index (χ0n) is 8.30. The number of hydrogen-bond donors (Lipinski definition) is 1. The molecule has 0 rings (SSSR count). The standard InChI is InChI=1S/C5H14NO.C2H2O4.Fe/c1-6(2,3)4-5-7;3-1(4)2(5)6;/h7H,4-5H2,1-3H3;(H,3,4)(H,5,6);/q+1;;/p-2. The number of nitrogens with zero attached hydrogens (tertiary/aromatic N) is 1. The van der Waals surface area contributed by atoms with Gasteiger partial charge in [0, 0.05) is 17.1 Å². The van der Waals surface area contributed by atoms with Crippen molar-refractivity contribution in [3.05, 3.63) is 0 Å². The van der Waals surface area contributed by atoms with Crippen LogP contribution in [0, 0.1) is 0 Å². The van der Waals surface area contributed by atoms with E-state index in [9.17, 15) is 0 Å². The van der Waals surface area contributed by atoms with Crippen LogP contribution in [0.15, 0.2) is 0 Å². The van der Waals surface area contributed by atoms with E-state index in [1.807, 2.05) is 0 Å². The van der Waals surface area contributed by atoms with Crippen LogP contribution in [-0.4, -0.2) is 55.8 Å². The molecule has 0 saturated carbocycles. The summed E-state index contributed by atoms with van der Waals surface area (Å²) in [5, 5.41) is 26.2. The Bertz CT molecular complexity index is 165. The third kappa shape index (κ3) is 22.5. The minimum atomic E-state index is -2.19. The van der Waals surface area contributed by atoms with E-state index in [-0.39, 0.29) is 23.7 Å². The molecule has 0 aromatic carbocycles. The van der Waals surface area contributed by atoms with Gasteiger partial charge in [-0.25, -0.2) is 0 Å². The van der Waals surface area contributed by atoms with E-state index in [1.54, 1.807) is 0 Å². The largest absolute Gasteiger partial charge is 0.543 e. The summed E-state index contributed by atoms with van der Waals surface area (Å²) in [6.45, 7) is 1.11. The summed E-state index contributed by atoms with van der Waals surface area (Å²) in [6.07, 6.45) is 0. The van der Waals surface area contributed by atoms with Crippen LogP contribution in [0.2, 0.25) is 0 Å². The predicted molar refractivity (Wildman–Crippen MR) is 40.0 cm³/mol. The summed E-state index contributed by atoms with van der Waals surface area (Å²) in [4.78, 5) is 17.9. The number of aliphatic carboxylic acids is 2. The first-order valence-electron chi connectivity index (χ1n) is 3.54. The number of carbonyl (C=O) groups is 2. The number of carboxylic acid groups (broad SMARTS) is 2. The van der Waals surface area contributed by atoms with Crippen LogP contribution in [0.5, 0.6) is 0 Å². The number of rotatable bonds is 2. The molecule has 86 valence electrons. The Kier molecular flexibility index (Phi) is 12.2. The first-order chi connectivity index (χ1) is 5.70. The number of quaternary nitrogens is 1. The van der Waals surface area contributed by atoms with Gasteiger partial charge in [-0.05, 0) is 0 Å². The van der Waals surface area contributed by atoms with E-state index < -0.39 is 11.9 Å². The fourth-order valence-electron chi connectivity index (χ4n) is 0.300. The molecular formula is C7H14FeNO5-. The summed E-state index contributed by atoms with van der Waals surface area (Å²) in [5.41, 5.74) is 0. The van der Waals surface area contributed by atoms with Crippen LogP contribution in [0.1, 0.15) is 0 Å². The molecule has 7 heteroatoms. The number of aliphatic hydroxyl groups is 1. The fourth-order valence-corrected chi connectivity index (χ4v) is 0.300. The molecule has 0 fully saturated rings. The van der Waals surface area contributed by atoms with Gasteiger partial charge in [0.2, 0.25) is 0 Å². The summed E-state index contributed by atoms with van der Waals surface area (Å²) in [7, 11) is 6.16. The fraction of sp³-hybridized carbons (Fsp3) is 0.714. The molecule has 1 N–H and O–H groups in total. The van der Waals surface area contributed by atoms with Crippen molar-refractivity contribution in [2.24, 2.45) is 0 Å². The van der Waals surface area contributed by atoms with Gasteiger partial charge in [-0.1, -0.05) is 0 Å².